The molecule has 0 radical (unpaired) electrons. The Balaban J connectivity index is 2.61. The van der Waals surface area contributed by atoms with Gasteiger partial charge in [0.1, 0.15) is 0 Å². The summed E-state index contributed by atoms with van der Waals surface area (Å²) in [5, 5.41) is 0. The molecule has 3 nitrogen and oxygen atoms in total. The molecule has 0 spiro atoms. The predicted molar refractivity (Wildman–Crippen MR) is 76.5 cm³/mol. The first-order valence-corrected chi connectivity index (χ1v) is 7.11. The second kappa shape index (κ2) is 7.22. The maximum absolute atomic E-state index is 5.91. The quantitative estimate of drug-likeness (QED) is 0.497. The van der Waals surface area contributed by atoms with Gasteiger partial charge in [0.05, 0.1) is 6.54 Å². The minimum atomic E-state index is 0.629. The second-order valence-electron chi connectivity index (χ2n) is 3.69. The number of rotatable bonds is 5. The smallest absolute Gasteiger partial charge is 0.191 e. The van der Waals surface area contributed by atoms with Crippen LogP contribution in [0.25, 0.3) is 0 Å². The van der Waals surface area contributed by atoms with Gasteiger partial charge in [0, 0.05) is 18.0 Å². The van der Waals surface area contributed by atoms with Crippen LogP contribution in [-0.4, -0.2) is 30.2 Å². The molecule has 0 unspecified atom stereocenters. The van der Waals surface area contributed by atoms with Crippen LogP contribution in [0.5, 0.6) is 0 Å². The van der Waals surface area contributed by atoms with Gasteiger partial charge in [-0.05, 0) is 37.8 Å². The summed E-state index contributed by atoms with van der Waals surface area (Å²) in [4.78, 5) is 7.73. The molecule has 0 atom stereocenters. The Kier molecular flexibility index (Phi) is 5.91. The van der Waals surface area contributed by atoms with Crippen molar-refractivity contribution in [3.05, 3.63) is 29.8 Å². The van der Waals surface area contributed by atoms with Crippen LogP contribution in [0.3, 0.4) is 0 Å². The molecular formula is C13H21N3S. The summed E-state index contributed by atoms with van der Waals surface area (Å²) >= 11 is 1.75. The summed E-state index contributed by atoms with van der Waals surface area (Å²) < 4.78 is 0. The maximum Gasteiger partial charge on any atom is 0.191 e. The predicted octanol–water partition coefficient (Wildman–Crippen LogP) is 2.57. The monoisotopic (exact) mass is 251 g/mol. The van der Waals surface area contributed by atoms with Crippen molar-refractivity contribution in [3.8, 4) is 0 Å². The van der Waals surface area contributed by atoms with Gasteiger partial charge in [0.2, 0.25) is 0 Å². The van der Waals surface area contributed by atoms with E-state index in [0.717, 1.165) is 13.1 Å². The third-order valence-corrected chi connectivity index (χ3v) is 3.41. The van der Waals surface area contributed by atoms with Crippen molar-refractivity contribution in [1.29, 1.82) is 0 Å². The highest BCUT2D eigenvalue weighted by Gasteiger charge is 2.01. The molecule has 17 heavy (non-hydrogen) atoms. The van der Waals surface area contributed by atoms with E-state index < -0.39 is 0 Å². The average Bonchev–Trinajstić information content (AvgIpc) is 2.38. The van der Waals surface area contributed by atoms with Gasteiger partial charge in [-0.25, -0.2) is 4.99 Å². The largest absolute Gasteiger partial charge is 0.370 e. The zero-order valence-corrected chi connectivity index (χ0v) is 11.6. The van der Waals surface area contributed by atoms with E-state index in [1.54, 1.807) is 11.8 Å². The van der Waals surface area contributed by atoms with Gasteiger partial charge in [0.25, 0.3) is 0 Å². The first-order valence-electron chi connectivity index (χ1n) is 5.89. The van der Waals surface area contributed by atoms with Gasteiger partial charge in [-0.2, -0.15) is 0 Å². The number of nitrogens with zero attached hydrogens (tertiary/aromatic N) is 2. The van der Waals surface area contributed by atoms with Gasteiger partial charge in [-0.3, -0.25) is 0 Å². The number of hydrogen-bond acceptors (Lipinski definition) is 2. The van der Waals surface area contributed by atoms with Gasteiger partial charge < -0.3 is 10.6 Å². The molecule has 0 saturated heterocycles. The molecule has 0 bridgehead atoms. The van der Waals surface area contributed by atoms with Crippen LogP contribution >= 0.6 is 11.8 Å². The van der Waals surface area contributed by atoms with Gasteiger partial charge in [0.15, 0.2) is 5.96 Å². The minimum Gasteiger partial charge on any atom is -0.370 e. The zero-order chi connectivity index (χ0) is 12.7. The van der Waals surface area contributed by atoms with Crippen LogP contribution < -0.4 is 5.73 Å². The lowest BCUT2D eigenvalue weighted by Gasteiger charge is -2.19. The topological polar surface area (TPSA) is 41.6 Å². The SMILES string of the molecule is CCN(CC)C(N)=NCc1ccc(SC)cc1. The molecule has 0 aliphatic rings. The molecule has 1 aromatic carbocycles. The summed E-state index contributed by atoms with van der Waals surface area (Å²) in [5.74, 6) is 0.629. The number of hydrogen-bond donors (Lipinski definition) is 1. The Morgan fingerprint density at radius 3 is 2.29 bits per heavy atom. The molecule has 1 aromatic rings. The van der Waals surface area contributed by atoms with Crippen LogP contribution in [0.4, 0.5) is 0 Å². The highest BCUT2D eigenvalue weighted by atomic mass is 32.2. The van der Waals surface area contributed by atoms with Gasteiger partial charge >= 0.3 is 0 Å². The lowest BCUT2D eigenvalue weighted by molar-refractivity contribution is 0.458. The molecule has 1 rings (SSSR count). The molecular weight excluding hydrogens is 230 g/mol. The fourth-order valence-electron chi connectivity index (χ4n) is 1.55. The second-order valence-corrected chi connectivity index (χ2v) is 4.57. The molecule has 0 fully saturated rings. The van der Waals surface area contributed by atoms with E-state index >= 15 is 0 Å². The maximum atomic E-state index is 5.91. The normalized spacial score (nSPS) is 11.6. The third-order valence-electron chi connectivity index (χ3n) is 2.67. The van der Waals surface area contributed by atoms with Gasteiger partial charge in [-0.15, -0.1) is 11.8 Å². The zero-order valence-electron chi connectivity index (χ0n) is 10.8. The summed E-state index contributed by atoms with van der Waals surface area (Å²) in [7, 11) is 0. The van der Waals surface area contributed by atoms with Crippen molar-refractivity contribution in [2.45, 2.75) is 25.3 Å². The minimum absolute atomic E-state index is 0.629. The third kappa shape index (κ3) is 4.30. The molecule has 0 aliphatic carbocycles. The van der Waals surface area contributed by atoms with E-state index in [1.165, 1.54) is 10.5 Å². The lowest BCUT2D eigenvalue weighted by atomic mass is 10.2. The molecule has 4 heteroatoms. The van der Waals surface area contributed by atoms with E-state index in [0.29, 0.717) is 12.5 Å². The number of nitrogens with two attached hydrogens (primary N) is 1. The molecule has 2 N–H and O–H groups in total. The Bertz CT molecular complexity index is 355. The van der Waals surface area contributed by atoms with Crippen LogP contribution in [-0.2, 0) is 6.54 Å². The number of guanidine groups is 1. The molecule has 0 amide bonds. The van der Waals surface area contributed by atoms with Crippen molar-refractivity contribution >= 4 is 17.7 Å². The highest BCUT2D eigenvalue weighted by Crippen LogP contribution is 2.15. The van der Waals surface area contributed by atoms with Crippen LogP contribution in [0.15, 0.2) is 34.2 Å². The molecule has 0 aliphatic heterocycles. The van der Waals surface area contributed by atoms with Crippen molar-refractivity contribution in [2.75, 3.05) is 19.3 Å². The Labute approximate surface area is 108 Å². The molecule has 94 valence electrons. The average molecular weight is 251 g/mol. The number of benzene rings is 1. The van der Waals surface area contributed by atoms with Gasteiger partial charge in [-0.1, -0.05) is 12.1 Å². The van der Waals surface area contributed by atoms with E-state index in [4.69, 9.17) is 5.73 Å². The Morgan fingerprint density at radius 2 is 1.82 bits per heavy atom. The molecule has 0 heterocycles. The molecule has 0 aromatic heterocycles. The summed E-state index contributed by atoms with van der Waals surface area (Å²) in [6.45, 7) is 6.61. The van der Waals surface area contributed by atoms with Crippen molar-refractivity contribution in [3.63, 3.8) is 0 Å². The van der Waals surface area contributed by atoms with Crippen molar-refractivity contribution < 1.29 is 0 Å². The van der Waals surface area contributed by atoms with E-state index in [2.05, 4.69) is 54.3 Å². The van der Waals surface area contributed by atoms with Crippen LogP contribution in [0.2, 0.25) is 0 Å². The fraction of sp³-hybridized carbons (Fsp3) is 0.462. The summed E-state index contributed by atoms with van der Waals surface area (Å²) in [5.41, 5.74) is 7.11. The Hall–Kier alpha value is -1.16. The van der Waals surface area contributed by atoms with E-state index in [-0.39, 0.29) is 0 Å². The Morgan fingerprint density at radius 1 is 1.24 bits per heavy atom. The van der Waals surface area contributed by atoms with Crippen molar-refractivity contribution in [1.82, 2.24) is 4.90 Å². The number of aliphatic imine (C=N–C) groups is 1. The standard InChI is InChI=1S/C13H21N3S/c1-4-16(5-2)13(14)15-10-11-6-8-12(17-3)9-7-11/h6-9H,4-5,10H2,1-3H3,(H2,14,15). The van der Waals surface area contributed by atoms with E-state index in [9.17, 15) is 0 Å². The first kappa shape index (κ1) is 13.9. The van der Waals surface area contributed by atoms with E-state index in [1.807, 2.05) is 0 Å². The number of thioether (sulfide) groups is 1. The van der Waals surface area contributed by atoms with Crippen LogP contribution in [0.1, 0.15) is 19.4 Å². The highest BCUT2D eigenvalue weighted by molar-refractivity contribution is 7.98. The van der Waals surface area contributed by atoms with Crippen LogP contribution in [0, 0.1) is 0 Å². The van der Waals surface area contributed by atoms with Crippen molar-refractivity contribution in [2.24, 2.45) is 10.7 Å². The first-order chi connectivity index (χ1) is 8.21. The molecule has 0 saturated carbocycles. The summed E-state index contributed by atoms with van der Waals surface area (Å²) in [6, 6.07) is 8.43. The lowest BCUT2D eigenvalue weighted by Crippen LogP contribution is -2.37. The fourth-order valence-corrected chi connectivity index (χ4v) is 1.96. The summed E-state index contributed by atoms with van der Waals surface area (Å²) in [6.07, 6.45) is 2.07.